The van der Waals surface area contributed by atoms with E-state index in [-0.39, 0.29) is 11.6 Å². The molecule has 3 rings (SSSR count). The molecule has 0 saturated carbocycles. The van der Waals surface area contributed by atoms with Crippen molar-refractivity contribution in [3.63, 3.8) is 0 Å². The zero-order chi connectivity index (χ0) is 21.5. The average molecular weight is 409 g/mol. The number of hydrogen-bond acceptors (Lipinski definition) is 6. The summed E-state index contributed by atoms with van der Waals surface area (Å²) in [5, 5.41) is 12.3. The Morgan fingerprint density at radius 3 is 2.60 bits per heavy atom. The number of hydrogen-bond donors (Lipinski definition) is 2. The van der Waals surface area contributed by atoms with Crippen molar-refractivity contribution in [1.29, 1.82) is 0 Å². The highest BCUT2D eigenvalue weighted by Crippen LogP contribution is 2.32. The fourth-order valence-electron chi connectivity index (χ4n) is 2.83. The van der Waals surface area contributed by atoms with Crippen molar-refractivity contribution in [2.24, 2.45) is 0 Å². The van der Waals surface area contributed by atoms with E-state index in [0.29, 0.717) is 29.4 Å². The Morgan fingerprint density at radius 1 is 1.17 bits per heavy atom. The van der Waals surface area contributed by atoms with Crippen molar-refractivity contribution in [2.45, 2.75) is 19.8 Å². The van der Waals surface area contributed by atoms with Crippen LogP contribution in [0, 0.1) is 0 Å². The second-order valence-corrected chi connectivity index (χ2v) is 6.55. The van der Waals surface area contributed by atoms with Crippen LogP contribution in [-0.4, -0.2) is 30.6 Å². The first-order valence-corrected chi connectivity index (χ1v) is 9.58. The lowest BCUT2D eigenvalue weighted by atomic mass is 10.1. The minimum absolute atomic E-state index is 0.0902. The summed E-state index contributed by atoms with van der Waals surface area (Å²) in [4.78, 5) is 24.2. The Morgan fingerprint density at radius 2 is 1.93 bits per heavy atom. The van der Waals surface area contributed by atoms with Crippen LogP contribution in [0.15, 0.2) is 65.7 Å². The Labute approximate surface area is 174 Å². The number of carbonyl (C=O) groups is 2. The molecule has 1 heterocycles. The van der Waals surface area contributed by atoms with Crippen molar-refractivity contribution in [2.75, 3.05) is 19.0 Å². The lowest BCUT2D eigenvalue weighted by Crippen LogP contribution is -2.12. The fraction of sp³-hybridized carbons (Fsp3) is 0.217. The highest BCUT2D eigenvalue weighted by Gasteiger charge is 2.35. The zero-order valence-corrected chi connectivity index (χ0v) is 16.8. The molecule has 0 aliphatic carbocycles. The summed E-state index contributed by atoms with van der Waals surface area (Å²) in [7, 11) is 1.53. The van der Waals surface area contributed by atoms with Crippen LogP contribution in [0.3, 0.4) is 0 Å². The maximum absolute atomic E-state index is 12.6. The number of methoxy groups -OCH3 is 1. The van der Waals surface area contributed by atoms with Gasteiger partial charge < -0.3 is 24.6 Å². The summed E-state index contributed by atoms with van der Waals surface area (Å²) < 4.78 is 16.6. The monoisotopic (exact) mass is 409 g/mol. The number of Topliss-reactive ketones (excluding diaryl/α,β-unsaturated/α-hetero) is 1. The second-order valence-electron chi connectivity index (χ2n) is 6.55. The number of benzene rings is 2. The summed E-state index contributed by atoms with van der Waals surface area (Å²) in [5.41, 5.74) is 0.774. The number of carbonyl (C=O) groups excluding carboxylic acids is 1. The molecule has 7 heteroatoms. The number of allylic oxidation sites excluding steroid dienone is 1. The van der Waals surface area contributed by atoms with Crippen molar-refractivity contribution in [1.82, 2.24) is 0 Å². The predicted molar refractivity (Wildman–Crippen MR) is 112 cm³/mol. The predicted octanol–water partition coefficient (Wildman–Crippen LogP) is 4.22. The third-order valence-corrected chi connectivity index (χ3v) is 4.38. The Hall–Kier alpha value is -3.74. The average Bonchev–Trinajstić information content (AvgIpc) is 3.04. The lowest BCUT2D eigenvalue weighted by Gasteiger charge is -2.11. The van der Waals surface area contributed by atoms with Gasteiger partial charge in [-0.15, -0.1) is 0 Å². The SMILES string of the molecule is CCCCOc1ccc(/C=C2\OC(Nc3ccccc3)=C(C(=O)O)C2=O)cc1OC. The highest BCUT2D eigenvalue weighted by atomic mass is 16.5. The van der Waals surface area contributed by atoms with E-state index >= 15 is 0 Å². The number of carboxylic acid groups (broad SMARTS) is 1. The van der Waals surface area contributed by atoms with Gasteiger partial charge in [0.05, 0.1) is 13.7 Å². The molecule has 156 valence electrons. The van der Waals surface area contributed by atoms with E-state index in [1.807, 2.05) is 6.07 Å². The van der Waals surface area contributed by atoms with Gasteiger partial charge >= 0.3 is 5.97 Å². The van der Waals surface area contributed by atoms with E-state index in [0.717, 1.165) is 12.8 Å². The molecular formula is C23H23NO6. The van der Waals surface area contributed by atoms with Crippen LogP contribution in [0.4, 0.5) is 5.69 Å². The number of rotatable bonds is 9. The van der Waals surface area contributed by atoms with Crippen LogP contribution >= 0.6 is 0 Å². The molecule has 30 heavy (non-hydrogen) atoms. The van der Waals surface area contributed by atoms with E-state index in [9.17, 15) is 14.7 Å². The first-order chi connectivity index (χ1) is 14.5. The standard InChI is InChI=1S/C23H23NO6/c1-3-4-12-29-17-11-10-15(13-18(17)28-2)14-19-21(25)20(23(26)27)22(30-19)24-16-8-6-5-7-9-16/h5-11,13-14,24H,3-4,12H2,1-2H3,(H,26,27)/b19-14-. The van der Waals surface area contributed by atoms with E-state index in [1.54, 1.807) is 42.5 Å². The first kappa shape index (κ1) is 21.0. The number of ketones is 1. The molecule has 0 atom stereocenters. The number of carboxylic acids is 1. The third kappa shape index (κ3) is 4.81. The van der Waals surface area contributed by atoms with Crippen LogP contribution < -0.4 is 14.8 Å². The van der Waals surface area contributed by atoms with Crippen LogP contribution in [0.25, 0.3) is 6.08 Å². The van der Waals surface area contributed by atoms with E-state index < -0.39 is 17.3 Å². The van der Waals surface area contributed by atoms with Gasteiger partial charge in [-0.1, -0.05) is 37.6 Å². The molecule has 0 spiro atoms. The molecule has 0 aromatic heterocycles. The number of para-hydroxylation sites is 1. The van der Waals surface area contributed by atoms with Gasteiger partial charge in [0.2, 0.25) is 11.7 Å². The van der Waals surface area contributed by atoms with Gasteiger partial charge in [-0.25, -0.2) is 4.79 Å². The number of ether oxygens (including phenoxy) is 3. The largest absolute Gasteiger partial charge is 0.493 e. The van der Waals surface area contributed by atoms with Crippen molar-refractivity contribution >= 4 is 23.5 Å². The summed E-state index contributed by atoms with van der Waals surface area (Å²) in [5.74, 6) is -1.16. The number of nitrogens with one attached hydrogen (secondary N) is 1. The van der Waals surface area contributed by atoms with Gasteiger partial charge in [0.25, 0.3) is 0 Å². The third-order valence-electron chi connectivity index (χ3n) is 4.38. The summed E-state index contributed by atoms with van der Waals surface area (Å²) in [6.07, 6.45) is 3.42. The normalized spacial score (nSPS) is 14.6. The van der Waals surface area contributed by atoms with Gasteiger partial charge in [-0.05, 0) is 42.3 Å². The van der Waals surface area contributed by atoms with E-state index in [1.165, 1.54) is 13.2 Å². The summed E-state index contributed by atoms with van der Waals surface area (Å²) >= 11 is 0. The number of anilines is 1. The minimum atomic E-state index is -1.36. The molecule has 0 amide bonds. The molecule has 0 bridgehead atoms. The Balaban J connectivity index is 1.84. The zero-order valence-electron chi connectivity index (χ0n) is 16.8. The van der Waals surface area contributed by atoms with Crippen molar-refractivity contribution in [3.8, 4) is 11.5 Å². The molecule has 2 aromatic carbocycles. The van der Waals surface area contributed by atoms with Crippen molar-refractivity contribution < 1.29 is 28.9 Å². The molecule has 2 N–H and O–H groups in total. The fourth-order valence-corrected chi connectivity index (χ4v) is 2.83. The minimum Gasteiger partial charge on any atom is -0.493 e. The maximum atomic E-state index is 12.6. The van der Waals surface area contributed by atoms with Crippen LogP contribution in [0.2, 0.25) is 0 Å². The van der Waals surface area contributed by atoms with Crippen LogP contribution in [0.5, 0.6) is 11.5 Å². The van der Waals surface area contributed by atoms with Gasteiger partial charge in [0.15, 0.2) is 22.8 Å². The molecule has 0 saturated heterocycles. The van der Waals surface area contributed by atoms with Crippen LogP contribution in [0.1, 0.15) is 25.3 Å². The van der Waals surface area contributed by atoms with Gasteiger partial charge in [0.1, 0.15) is 0 Å². The molecule has 0 fully saturated rings. The first-order valence-electron chi connectivity index (χ1n) is 9.58. The molecule has 7 nitrogen and oxygen atoms in total. The van der Waals surface area contributed by atoms with Gasteiger partial charge in [-0.3, -0.25) is 4.79 Å². The molecule has 1 aliphatic heterocycles. The molecule has 0 unspecified atom stereocenters. The van der Waals surface area contributed by atoms with Gasteiger partial charge in [-0.2, -0.15) is 0 Å². The quantitative estimate of drug-likeness (QED) is 0.364. The topological polar surface area (TPSA) is 94.1 Å². The van der Waals surface area contributed by atoms with Crippen molar-refractivity contribution in [3.05, 3.63) is 71.3 Å². The molecule has 0 radical (unpaired) electrons. The van der Waals surface area contributed by atoms with E-state index in [4.69, 9.17) is 14.2 Å². The number of aliphatic carboxylic acids is 1. The maximum Gasteiger partial charge on any atom is 0.345 e. The second kappa shape index (κ2) is 9.65. The van der Waals surface area contributed by atoms with Gasteiger partial charge in [0, 0.05) is 5.69 Å². The summed E-state index contributed by atoms with van der Waals surface area (Å²) in [6.45, 7) is 2.66. The Kier molecular flexibility index (Phi) is 6.75. The van der Waals surface area contributed by atoms with Crippen LogP contribution in [-0.2, 0) is 14.3 Å². The molecular weight excluding hydrogens is 386 g/mol. The smallest absolute Gasteiger partial charge is 0.345 e. The molecule has 2 aromatic rings. The Bertz CT molecular complexity index is 994. The molecule has 1 aliphatic rings. The highest BCUT2D eigenvalue weighted by molar-refractivity contribution is 6.26. The lowest BCUT2D eigenvalue weighted by molar-refractivity contribution is -0.134. The summed E-state index contributed by atoms with van der Waals surface area (Å²) in [6, 6.07) is 14.1. The number of unbranched alkanes of at least 4 members (excludes halogenated alkanes) is 1. The van der Waals surface area contributed by atoms with E-state index in [2.05, 4.69) is 12.2 Å².